The molecule has 29 heavy (non-hydrogen) atoms. The van der Waals surface area contributed by atoms with Crippen molar-refractivity contribution in [1.29, 1.82) is 5.26 Å². The highest BCUT2D eigenvalue weighted by Gasteiger charge is 2.29. The SMILES string of the molecule is C=C([C@H]1CC[C@H](CC/C=C/C=C/C#N)CC1)[C@H]1CC[C@H](c2ccc(F)cc2)CC1. The van der Waals surface area contributed by atoms with Gasteiger partial charge in [-0.15, -0.1) is 0 Å². The van der Waals surface area contributed by atoms with Gasteiger partial charge in [-0.2, -0.15) is 5.26 Å². The molecule has 2 saturated carbocycles. The Kier molecular flexibility index (Phi) is 8.29. The van der Waals surface area contributed by atoms with E-state index in [1.54, 1.807) is 12.1 Å². The van der Waals surface area contributed by atoms with Crippen molar-refractivity contribution in [3.05, 3.63) is 72.1 Å². The quantitative estimate of drug-likeness (QED) is 0.263. The highest BCUT2D eigenvalue weighted by Crippen LogP contribution is 2.44. The van der Waals surface area contributed by atoms with Gasteiger partial charge in [0.1, 0.15) is 5.82 Å². The lowest BCUT2D eigenvalue weighted by Crippen LogP contribution is -2.22. The summed E-state index contributed by atoms with van der Waals surface area (Å²) in [7, 11) is 0. The highest BCUT2D eigenvalue weighted by atomic mass is 19.1. The summed E-state index contributed by atoms with van der Waals surface area (Å²) >= 11 is 0. The second-order valence-electron chi connectivity index (χ2n) is 8.89. The minimum atomic E-state index is -0.140. The van der Waals surface area contributed by atoms with Gasteiger partial charge in [-0.1, -0.05) is 42.5 Å². The molecule has 1 aromatic rings. The predicted molar refractivity (Wildman–Crippen MR) is 119 cm³/mol. The molecule has 0 unspecified atom stereocenters. The largest absolute Gasteiger partial charge is 0.207 e. The molecule has 0 N–H and O–H groups in total. The molecule has 0 saturated heterocycles. The molecule has 0 aromatic heterocycles. The summed E-state index contributed by atoms with van der Waals surface area (Å²) in [6, 6.07) is 9.13. The zero-order valence-corrected chi connectivity index (χ0v) is 17.5. The molecule has 2 heteroatoms. The molecule has 2 aliphatic carbocycles. The van der Waals surface area contributed by atoms with Crippen molar-refractivity contribution in [3.63, 3.8) is 0 Å². The summed E-state index contributed by atoms with van der Waals surface area (Å²) in [5.41, 5.74) is 2.82. The molecule has 0 spiro atoms. The van der Waals surface area contributed by atoms with Gasteiger partial charge in [-0.05, 0) is 106 Å². The van der Waals surface area contributed by atoms with Gasteiger partial charge in [0.2, 0.25) is 0 Å². The normalized spacial score (nSPS) is 27.9. The first kappa shape index (κ1) is 21.6. The number of hydrogen-bond donors (Lipinski definition) is 0. The lowest BCUT2D eigenvalue weighted by molar-refractivity contribution is 0.260. The van der Waals surface area contributed by atoms with E-state index in [-0.39, 0.29) is 5.82 Å². The second-order valence-corrected chi connectivity index (χ2v) is 8.89. The van der Waals surface area contributed by atoms with Crippen LogP contribution in [0.3, 0.4) is 0 Å². The van der Waals surface area contributed by atoms with Crippen LogP contribution in [0.15, 0.2) is 60.7 Å². The van der Waals surface area contributed by atoms with Crippen molar-refractivity contribution in [3.8, 4) is 6.07 Å². The zero-order valence-electron chi connectivity index (χ0n) is 17.5. The molecule has 2 fully saturated rings. The van der Waals surface area contributed by atoms with Gasteiger partial charge < -0.3 is 0 Å². The maximum absolute atomic E-state index is 13.2. The average Bonchev–Trinajstić information content (AvgIpc) is 2.77. The van der Waals surface area contributed by atoms with Crippen molar-refractivity contribution in [1.82, 2.24) is 0 Å². The Morgan fingerprint density at radius 1 is 0.966 bits per heavy atom. The van der Waals surface area contributed by atoms with E-state index >= 15 is 0 Å². The molecule has 0 aliphatic heterocycles. The maximum Gasteiger partial charge on any atom is 0.123 e. The van der Waals surface area contributed by atoms with E-state index in [1.165, 1.54) is 75.0 Å². The van der Waals surface area contributed by atoms with Crippen LogP contribution in [-0.2, 0) is 0 Å². The Morgan fingerprint density at radius 2 is 1.59 bits per heavy atom. The van der Waals surface area contributed by atoms with Gasteiger partial charge >= 0.3 is 0 Å². The third-order valence-electron chi connectivity index (χ3n) is 7.12. The fourth-order valence-electron chi connectivity index (χ4n) is 5.29. The Hall–Kier alpha value is -2.14. The molecule has 0 heterocycles. The van der Waals surface area contributed by atoms with Crippen LogP contribution < -0.4 is 0 Å². The predicted octanol–water partition coefficient (Wildman–Crippen LogP) is 7.88. The molecule has 2 aliphatic rings. The Morgan fingerprint density at radius 3 is 2.21 bits per heavy atom. The van der Waals surface area contributed by atoms with Crippen molar-refractivity contribution >= 4 is 0 Å². The summed E-state index contributed by atoms with van der Waals surface area (Å²) in [4.78, 5) is 0. The van der Waals surface area contributed by atoms with Crippen LogP contribution in [-0.4, -0.2) is 0 Å². The third kappa shape index (κ3) is 6.43. The standard InChI is InChI=1S/C27H34FN/c1-21(23-10-8-22(9-11-23)7-5-3-2-4-6-20-29)24-12-14-25(15-13-24)26-16-18-27(28)19-17-26/h2-4,6,16-19,22-25H,1,5,7-15H2/b3-2+,6-4+/t22-,23-,24-,25-. The number of nitriles is 1. The summed E-state index contributed by atoms with van der Waals surface area (Å²) in [5, 5.41) is 8.47. The minimum absolute atomic E-state index is 0.140. The number of rotatable bonds is 7. The lowest BCUT2D eigenvalue weighted by Gasteiger charge is -2.36. The zero-order chi connectivity index (χ0) is 20.5. The van der Waals surface area contributed by atoms with Gasteiger partial charge in [0.15, 0.2) is 0 Å². The number of benzene rings is 1. The second kappa shape index (κ2) is 11.1. The van der Waals surface area contributed by atoms with E-state index in [4.69, 9.17) is 5.26 Å². The van der Waals surface area contributed by atoms with Gasteiger partial charge in [-0.3, -0.25) is 0 Å². The van der Waals surface area contributed by atoms with Gasteiger partial charge in [0.25, 0.3) is 0 Å². The van der Waals surface area contributed by atoms with Crippen LogP contribution >= 0.6 is 0 Å². The molecule has 154 valence electrons. The Balaban J connectivity index is 1.38. The van der Waals surface area contributed by atoms with E-state index < -0.39 is 0 Å². The topological polar surface area (TPSA) is 23.8 Å². The number of allylic oxidation sites excluding steroid dienone is 5. The van der Waals surface area contributed by atoms with Crippen molar-refractivity contribution in [2.24, 2.45) is 17.8 Å². The number of hydrogen-bond acceptors (Lipinski definition) is 1. The van der Waals surface area contributed by atoms with Crippen molar-refractivity contribution < 1.29 is 4.39 Å². The molecule has 0 amide bonds. The van der Waals surface area contributed by atoms with Gasteiger partial charge in [0.05, 0.1) is 6.07 Å². The van der Waals surface area contributed by atoms with Crippen LogP contribution in [0, 0.1) is 34.9 Å². The molecular formula is C27H34FN. The first-order valence-corrected chi connectivity index (χ1v) is 11.3. The van der Waals surface area contributed by atoms with E-state index in [2.05, 4.69) is 12.7 Å². The average molecular weight is 392 g/mol. The monoisotopic (exact) mass is 391 g/mol. The number of halogens is 1. The summed E-state index contributed by atoms with van der Waals surface area (Å²) in [5.74, 6) is 2.69. The van der Waals surface area contributed by atoms with Crippen LogP contribution in [0.5, 0.6) is 0 Å². The van der Waals surface area contributed by atoms with Crippen LogP contribution in [0.2, 0.25) is 0 Å². The molecule has 0 atom stereocenters. The van der Waals surface area contributed by atoms with E-state index in [0.717, 1.165) is 12.3 Å². The first-order valence-electron chi connectivity index (χ1n) is 11.3. The van der Waals surface area contributed by atoms with Crippen LogP contribution in [0.25, 0.3) is 0 Å². The van der Waals surface area contributed by atoms with Crippen molar-refractivity contribution in [2.75, 3.05) is 0 Å². The Bertz CT molecular complexity index is 736. The summed E-state index contributed by atoms with van der Waals surface area (Å²) < 4.78 is 13.2. The molecular weight excluding hydrogens is 357 g/mol. The van der Waals surface area contributed by atoms with Crippen molar-refractivity contribution in [2.45, 2.75) is 70.1 Å². The Labute approximate surface area is 176 Å². The minimum Gasteiger partial charge on any atom is -0.207 e. The first-order chi connectivity index (χ1) is 14.2. The molecule has 3 rings (SSSR count). The fraction of sp³-hybridized carbons (Fsp3) is 0.519. The third-order valence-corrected chi connectivity index (χ3v) is 7.12. The molecule has 1 aromatic carbocycles. The van der Waals surface area contributed by atoms with E-state index in [9.17, 15) is 4.39 Å². The fourth-order valence-corrected chi connectivity index (χ4v) is 5.29. The molecule has 0 radical (unpaired) electrons. The summed E-state index contributed by atoms with van der Waals surface area (Å²) in [6.07, 6.45) is 20.0. The van der Waals surface area contributed by atoms with E-state index in [0.29, 0.717) is 17.8 Å². The van der Waals surface area contributed by atoms with Crippen LogP contribution in [0.1, 0.15) is 75.7 Å². The highest BCUT2D eigenvalue weighted by molar-refractivity contribution is 5.22. The molecule has 1 nitrogen and oxygen atoms in total. The van der Waals surface area contributed by atoms with Crippen LogP contribution in [0.4, 0.5) is 4.39 Å². The van der Waals surface area contributed by atoms with E-state index in [1.807, 2.05) is 30.4 Å². The smallest absolute Gasteiger partial charge is 0.123 e. The number of nitrogens with zero attached hydrogens (tertiary/aromatic N) is 1. The maximum atomic E-state index is 13.2. The van der Waals surface area contributed by atoms with Gasteiger partial charge in [0, 0.05) is 6.08 Å². The van der Waals surface area contributed by atoms with Gasteiger partial charge in [-0.25, -0.2) is 4.39 Å². The summed E-state index contributed by atoms with van der Waals surface area (Å²) in [6.45, 7) is 4.55. The lowest BCUT2D eigenvalue weighted by atomic mass is 9.69. The molecule has 0 bridgehead atoms.